The van der Waals surface area contributed by atoms with E-state index >= 15 is 0 Å². The Hall–Kier alpha value is -4.12. The van der Waals surface area contributed by atoms with Crippen molar-refractivity contribution in [1.82, 2.24) is 5.32 Å². The number of Topliss-reactive ketones (excluding diaryl/α,β-unsaturated/α-hetero) is 1. The van der Waals surface area contributed by atoms with Crippen LogP contribution in [0.3, 0.4) is 0 Å². The lowest BCUT2D eigenvalue weighted by atomic mass is 9.71. The first kappa shape index (κ1) is 27.1. The van der Waals surface area contributed by atoms with Crippen LogP contribution in [0.25, 0.3) is 0 Å². The molecule has 2 aliphatic carbocycles. The third-order valence-corrected chi connectivity index (χ3v) is 8.61. The number of ketones is 1. The maximum atomic E-state index is 13.9. The average Bonchev–Trinajstić information content (AvgIpc) is 3.01. The highest BCUT2D eigenvalue weighted by Crippen LogP contribution is 2.46. The summed E-state index contributed by atoms with van der Waals surface area (Å²) in [6, 6.07) is 28.1. The monoisotopic (exact) mass is 547 g/mol. The molecule has 1 N–H and O–H groups in total. The lowest BCUT2D eigenvalue weighted by Crippen LogP contribution is -2.37. The van der Waals surface area contributed by atoms with Gasteiger partial charge in [0.2, 0.25) is 0 Å². The molecule has 0 amide bonds. The van der Waals surface area contributed by atoms with Gasteiger partial charge in [-0.05, 0) is 73.8 Å². The molecule has 3 aromatic rings. The van der Waals surface area contributed by atoms with Crippen molar-refractivity contribution in [1.29, 1.82) is 0 Å². The van der Waals surface area contributed by atoms with Crippen LogP contribution >= 0.6 is 0 Å². The summed E-state index contributed by atoms with van der Waals surface area (Å²) in [6.07, 6.45) is 6.22. The minimum atomic E-state index is -0.477. The molecular formula is C36H37NO4. The van der Waals surface area contributed by atoms with E-state index in [0.29, 0.717) is 24.2 Å². The molecule has 0 unspecified atom stereocenters. The SMILES string of the molecule is CC1=C(C(=O)OC2CCCCC2)[C@H](c2ccc(OCc3ccccc3)cc2)C2=C(C[C@H](c3ccccc3)CC2=O)N1. The molecule has 0 saturated heterocycles. The maximum Gasteiger partial charge on any atom is 0.337 e. The number of hydrogen-bond acceptors (Lipinski definition) is 5. The third-order valence-electron chi connectivity index (χ3n) is 8.61. The quantitative estimate of drug-likeness (QED) is 0.310. The predicted molar refractivity (Wildman–Crippen MR) is 159 cm³/mol. The van der Waals surface area contributed by atoms with Crippen molar-refractivity contribution in [3.8, 4) is 5.75 Å². The summed E-state index contributed by atoms with van der Waals surface area (Å²) < 4.78 is 12.1. The molecule has 3 aromatic carbocycles. The van der Waals surface area contributed by atoms with Crippen LogP contribution in [-0.2, 0) is 20.9 Å². The van der Waals surface area contributed by atoms with E-state index in [9.17, 15) is 9.59 Å². The predicted octanol–water partition coefficient (Wildman–Crippen LogP) is 7.50. The Morgan fingerprint density at radius 2 is 1.51 bits per heavy atom. The Labute approximate surface area is 242 Å². The molecule has 3 aliphatic rings. The van der Waals surface area contributed by atoms with E-state index in [1.165, 1.54) is 6.42 Å². The van der Waals surface area contributed by atoms with Gasteiger partial charge in [0.25, 0.3) is 0 Å². The second-order valence-electron chi connectivity index (χ2n) is 11.4. The van der Waals surface area contributed by atoms with Crippen molar-refractivity contribution in [3.63, 3.8) is 0 Å². The second-order valence-corrected chi connectivity index (χ2v) is 11.4. The molecule has 1 heterocycles. The largest absolute Gasteiger partial charge is 0.489 e. The van der Waals surface area contributed by atoms with Gasteiger partial charge in [-0.1, -0.05) is 79.2 Å². The summed E-state index contributed by atoms with van der Waals surface area (Å²) in [7, 11) is 0. The van der Waals surface area contributed by atoms with Gasteiger partial charge in [-0.15, -0.1) is 0 Å². The van der Waals surface area contributed by atoms with Crippen LogP contribution in [0.15, 0.2) is 107 Å². The van der Waals surface area contributed by atoms with Crippen LogP contribution in [0.5, 0.6) is 5.75 Å². The smallest absolute Gasteiger partial charge is 0.337 e. The van der Waals surface area contributed by atoms with E-state index in [1.54, 1.807) is 0 Å². The number of hydrogen-bond donors (Lipinski definition) is 1. The first-order valence-electron chi connectivity index (χ1n) is 14.8. The molecule has 210 valence electrons. The zero-order valence-electron chi connectivity index (χ0n) is 23.6. The van der Waals surface area contributed by atoms with E-state index in [2.05, 4.69) is 17.4 Å². The molecule has 0 radical (unpaired) electrons. The van der Waals surface area contributed by atoms with Gasteiger partial charge in [0.1, 0.15) is 18.5 Å². The van der Waals surface area contributed by atoms with Crippen molar-refractivity contribution < 1.29 is 19.1 Å². The first-order valence-corrected chi connectivity index (χ1v) is 14.8. The molecule has 6 rings (SSSR count). The molecule has 0 aromatic heterocycles. The maximum absolute atomic E-state index is 13.9. The minimum Gasteiger partial charge on any atom is -0.489 e. The highest BCUT2D eigenvalue weighted by molar-refractivity contribution is 6.04. The first-order chi connectivity index (χ1) is 20.1. The van der Waals surface area contributed by atoms with E-state index in [0.717, 1.165) is 65.9 Å². The molecule has 1 saturated carbocycles. The van der Waals surface area contributed by atoms with E-state index in [-0.39, 0.29) is 23.8 Å². The fourth-order valence-corrected chi connectivity index (χ4v) is 6.50. The van der Waals surface area contributed by atoms with Crippen LogP contribution in [0, 0.1) is 0 Å². The number of carbonyl (C=O) groups is 2. The lowest BCUT2D eigenvalue weighted by molar-refractivity contribution is -0.146. The fourth-order valence-electron chi connectivity index (χ4n) is 6.50. The minimum absolute atomic E-state index is 0.0640. The molecule has 2 atom stereocenters. The van der Waals surface area contributed by atoms with Crippen LogP contribution in [0.4, 0.5) is 0 Å². The molecule has 1 aliphatic heterocycles. The van der Waals surface area contributed by atoms with Crippen molar-refractivity contribution in [2.24, 2.45) is 0 Å². The molecule has 41 heavy (non-hydrogen) atoms. The van der Waals surface area contributed by atoms with Gasteiger partial charge in [0.05, 0.1) is 5.57 Å². The number of nitrogens with one attached hydrogen (secondary N) is 1. The number of dihydropyridines is 1. The summed E-state index contributed by atoms with van der Waals surface area (Å²) >= 11 is 0. The van der Waals surface area contributed by atoms with E-state index < -0.39 is 5.92 Å². The lowest BCUT2D eigenvalue weighted by Gasteiger charge is -2.37. The van der Waals surface area contributed by atoms with Gasteiger partial charge in [-0.3, -0.25) is 4.79 Å². The number of allylic oxidation sites excluding steroid dienone is 3. The summed E-state index contributed by atoms with van der Waals surface area (Å²) in [5.41, 5.74) is 6.06. The number of ether oxygens (including phenoxy) is 2. The number of esters is 1. The number of carbonyl (C=O) groups excluding carboxylic acids is 2. The van der Waals surface area contributed by atoms with Crippen molar-refractivity contribution in [3.05, 3.63) is 124 Å². The molecule has 5 heteroatoms. The summed E-state index contributed by atoms with van der Waals surface area (Å²) in [5.74, 6) is 0.132. The van der Waals surface area contributed by atoms with E-state index in [4.69, 9.17) is 9.47 Å². The molecule has 0 bridgehead atoms. The fraction of sp³-hybridized carbons (Fsp3) is 0.333. The van der Waals surface area contributed by atoms with Gasteiger partial charge in [-0.2, -0.15) is 0 Å². The Balaban J connectivity index is 1.31. The summed E-state index contributed by atoms with van der Waals surface area (Å²) in [4.78, 5) is 27.7. The van der Waals surface area contributed by atoms with Gasteiger partial charge in [-0.25, -0.2) is 4.79 Å². The molecular weight excluding hydrogens is 510 g/mol. The van der Waals surface area contributed by atoms with Crippen LogP contribution in [0.2, 0.25) is 0 Å². The van der Waals surface area contributed by atoms with Gasteiger partial charge in [0, 0.05) is 29.3 Å². The van der Waals surface area contributed by atoms with Crippen LogP contribution in [0.1, 0.15) is 80.4 Å². The molecule has 1 fully saturated rings. The average molecular weight is 548 g/mol. The highest BCUT2D eigenvalue weighted by Gasteiger charge is 2.42. The van der Waals surface area contributed by atoms with Crippen molar-refractivity contribution in [2.45, 2.75) is 76.4 Å². The number of rotatable bonds is 7. The second kappa shape index (κ2) is 12.2. The Kier molecular flexibility index (Phi) is 8.04. The number of benzene rings is 3. The van der Waals surface area contributed by atoms with Gasteiger partial charge in [0.15, 0.2) is 5.78 Å². The zero-order valence-corrected chi connectivity index (χ0v) is 23.6. The topological polar surface area (TPSA) is 64.6 Å². The standard InChI is InChI=1S/C36H37NO4/c1-24-33(36(39)41-30-15-9-4-10-16-30)34(27-17-19-29(20-18-27)40-23-25-11-5-2-6-12-25)35-31(37-24)21-28(22-32(35)38)26-13-7-3-8-14-26/h2-3,5-8,11-14,17-20,28,30,34,37H,4,9-10,15-16,21-23H2,1H3/t28-,34-/m0/s1. The van der Waals surface area contributed by atoms with Crippen LogP contribution < -0.4 is 10.1 Å². The summed E-state index contributed by atoms with van der Waals surface area (Å²) in [5, 5.41) is 3.48. The third kappa shape index (κ3) is 6.00. The van der Waals surface area contributed by atoms with Crippen LogP contribution in [-0.4, -0.2) is 17.9 Å². The van der Waals surface area contributed by atoms with E-state index in [1.807, 2.05) is 79.7 Å². The van der Waals surface area contributed by atoms with Gasteiger partial charge >= 0.3 is 5.97 Å². The van der Waals surface area contributed by atoms with Crippen molar-refractivity contribution in [2.75, 3.05) is 0 Å². The summed E-state index contributed by atoms with van der Waals surface area (Å²) in [6.45, 7) is 2.41. The van der Waals surface area contributed by atoms with Crippen molar-refractivity contribution >= 4 is 11.8 Å². The normalized spacial score (nSPS) is 21.2. The zero-order chi connectivity index (χ0) is 28.2. The van der Waals surface area contributed by atoms with Gasteiger partial charge < -0.3 is 14.8 Å². The highest BCUT2D eigenvalue weighted by atomic mass is 16.5. The Morgan fingerprint density at radius 3 is 2.22 bits per heavy atom. The molecule has 5 nitrogen and oxygen atoms in total. The Morgan fingerprint density at radius 1 is 0.829 bits per heavy atom. The Bertz CT molecular complexity index is 1450. The molecule has 0 spiro atoms.